The summed E-state index contributed by atoms with van der Waals surface area (Å²) in [4.78, 5) is 32.1. The van der Waals surface area contributed by atoms with Crippen LogP contribution in [0, 0.1) is 24.7 Å². The monoisotopic (exact) mass is 492 g/mol. The zero-order valence-electron chi connectivity index (χ0n) is 23.2. The number of likely N-dealkylation sites (tertiary alicyclic amines) is 1. The molecule has 1 aliphatic carbocycles. The largest absolute Gasteiger partial charge is 0.384 e. The number of anilines is 1. The second kappa shape index (κ2) is 12.5. The Morgan fingerprint density at radius 2 is 1.75 bits per heavy atom. The smallest absolute Gasteiger partial charge is 0.275 e. The van der Waals surface area contributed by atoms with Gasteiger partial charge in [-0.15, -0.1) is 0 Å². The van der Waals surface area contributed by atoms with Crippen LogP contribution in [0.4, 0.5) is 5.69 Å². The van der Waals surface area contributed by atoms with E-state index in [-0.39, 0.29) is 29.4 Å². The van der Waals surface area contributed by atoms with Crippen LogP contribution in [0.15, 0.2) is 59.3 Å². The van der Waals surface area contributed by atoms with Crippen LogP contribution in [0.5, 0.6) is 0 Å². The third kappa shape index (κ3) is 5.51. The van der Waals surface area contributed by atoms with E-state index in [2.05, 4.69) is 30.1 Å². The van der Waals surface area contributed by atoms with Crippen LogP contribution in [-0.2, 0) is 14.3 Å². The fourth-order valence-corrected chi connectivity index (χ4v) is 5.53. The Balaban J connectivity index is 0.00000176. The van der Waals surface area contributed by atoms with Crippen molar-refractivity contribution in [1.82, 2.24) is 4.90 Å². The van der Waals surface area contributed by atoms with Gasteiger partial charge < -0.3 is 9.64 Å². The first-order valence-corrected chi connectivity index (χ1v) is 13.6. The molecule has 0 bridgehead atoms. The van der Waals surface area contributed by atoms with Gasteiger partial charge in [0, 0.05) is 37.7 Å². The van der Waals surface area contributed by atoms with Gasteiger partial charge in [-0.3, -0.25) is 14.5 Å². The molecule has 0 aromatic heterocycles. The highest BCUT2D eigenvalue weighted by molar-refractivity contribution is 6.18. The molecular weight excluding hydrogens is 448 g/mol. The second-order valence-electron chi connectivity index (χ2n) is 10.2. The standard InChI is InChI=1S/C29H38N2O3.C2H6/c1-19(2)28(32)25-26(23-11-7-6-10-21(4)24(23)18-34-5)31(22-14-12-20(3)13-15-22)29(33)27(25)30-16-8-9-17-30;1-2/h6,10-15,19,21,24,26H,7-9,16-18H2,1-5H3;1-2H3/t21-,24?,26?;/m1./s1. The van der Waals surface area contributed by atoms with E-state index < -0.39 is 6.04 Å². The van der Waals surface area contributed by atoms with E-state index in [9.17, 15) is 9.59 Å². The number of carbonyl (C=O) groups is 2. The maximum Gasteiger partial charge on any atom is 0.275 e. The molecule has 1 aromatic rings. The summed E-state index contributed by atoms with van der Waals surface area (Å²) in [6.45, 7) is 14.3. The molecule has 2 unspecified atom stereocenters. The van der Waals surface area contributed by atoms with Crippen molar-refractivity contribution in [3.63, 3.8) is 0 Å². The van der Waals surface area contributed by atoms with Gasteiger partial charge in [0.05, 0.1) is 18.2 Å². The third-order valence-corrected chi connectivity index (χ3v) is 7.39. The molecule has 0 radical (unpaired) electrons. The van der Waals surface area contributed by atoms with Crippen LogP contribution in [0.1, 0.15) is 59.4 Å². The van der Waals surface area contributed by atoms with Crippen molar-refractivity contribution in [3.05, 3.63) is 64.9 Å². The van der Waals surface area contributed by atoms with E-state index in [1.807, 2.05) is 63.8 Å². The predicted molar refractivity (Wildman–Crippen MR) is 148 cm³/mol. The van der Waals surface area contributed by atoms with E-state index in [0.29, 0.717) is 17.9 Å². The van der Waals surface area contributed by atoms with Gasteiger partial charge in [-0.25, -0.2) is 0 Å². The zero-order chi connectivity index (χ0) is 26.4. The minimum Gasteiger partial charge on any atom is -0.384 e. The second-order valence-corrected chi connectivity index (χ2v) is 10.2. The average Bonchev–Trinajstić information content (AvgIpc) is 3.45. The minimum absolute atomic E-state index is 0.0540. The molecule has 1 fully saturated rings. The van der Waals surface area contributed by atoms with Gasteiger partial charge in [-0.1, -0.05) is 70.5 Å². The summed E-state index contributed by atoms with van der Waals surface area (Å²) in [6, 6.07) is 7.68. The molecule has 2 aliphatic heterocycles. The van der Waals surface area contributed by atoms with Crippen molar-refractivity contribution < 1.29 is 14.3 Å². The first-order chi connectivity index (χ1) is 17.3. The SMILES string of the molecule is CC.COCC1C(C2C(C(=O)C(C)C)=C(N3CCCC3)C(=O)N2c2ccc(C)cc2)=CCC=C[C@H]1C. The Hall–Kier alpha value is -2.66. The maximum atomic E-state index is 14.2. The number of amides is 1. The molecule has 1 aromatic carbocycles. The van der Waals surface area contributed by atoms with Crippen molar-refractivity contribution in [2.75, 3.05) is 31.7 Å². The molecule has 0 N–H and O–H groups in total. The van der Waals surface area contributed by atoms with Crippen LogP contribution in [0.2, 0.25) is 0 Å². The fourth-order valence-electron chi connectivity index (χ4n) is 5.53. The Morgan fingerprint density at radius 3 is 2.33 bits per heavy atom. The first kappa shape index (κ1) is 27.9. The number of hydrogen-bond acceptors (Lipinski definition) is 4. The molecule has 196 valence electrons. The van der Waals surface area contributed by atoms with Gasteiger partial charge in [0.1, 0.15) is 5.70 Å². The number of benzene rings is 1. The molecule has 36 heavy (non-hydrogen) atoms. The van der Waals surface area contributed by atoms with Gasteiger partial charge in [-0.2, -0.15) is 0 Å². The maximum absolute atomic E-state index is 14.2. The number of ketones is 1. The number of rotatable bonds is 7. The number of Topliss-reactive ketones (excluding diaryl/α,β-unsaturated/α-hetero) is 1. The van der Waals surface area contributed by atoms with E-state index in [4.69, 9.17) is 4.74 Å². The number of aryl methyl sites for hydroxylation is 1. The van der Waals surface area contributed by atoms with Crippen molar-refractivity contribution in [3.8, 4) is 0 Å². The molecule has 5 nitrogen and oxygen atoms in total. The number of allylic oxidation sites excluding steroid dienone is 3. The number of ether oxygens (including phenoxy) is 1. The summed E-state index contributed by atoms with van der Waals surface area (Å²) in [6.07, 6.45) is 9.52. The average molecular weight is 493 g/mol. The summed E-state index contributed by atoms with van der Waals surface area (Å²) in [5.74, 6) is 0.152. The van der Waals surface area contributed by atoms with E-state index in [1.54, 1.807) is 7.11 Å². The summed E-state index contributed by atoms with van der Waals surface area (Å²) in [5.41, 5.74) is 4.38. The minimum atomic E-state index is -0.414. The summed E-state index contributed by atoms with van der Waals surface area (Å²) in [5, 5.41) is 0. The summed E-state index contributed by atoms with van der Waals surface area (Å²) < 4.78 is 5.66. The molecule has 5 heteroatoms. The number of carbonyl (C=O) groups excluding carboxylic acids is 2. The van der Waals surface area contributed by atoms with Crippen LogP contribution in [-0.4, -0.2) is 49.4 Å². The lowest BCUT2D eigenvalue weighted by Gasteiger charge is -2.34. The van der Waals surface area contributed by atoms with E-state index >= 15 is 0 Å². The van der Waals surface area contributed by atoms with Gasteiger partial charge in [0.15, 0.2) is 5.78 Å². The highest BCUT2D eigenvalue weighted by atomic mass is 16.5. The number of nitrogens with zero attached hydrogens (tertiary/aromatic N) is 2. The Morgan fingerprint density at radius 1 is 1.11 bits per heavy atom. The molecule has 0 saturated carbocycles. The summed E-state index contributed by atoms with van der Waals surface area (Å²) in [7, 11) is 1.72. The molecule has 1 amide bonds. The Kier molecular flexibility index (Phi) is 9.72. The van der Waals surface area contributed by atoms with Crippen molar-refractivity contribution in [2.45, 2.75) is 66.8 Å². The van der Waals surface area contributed by atoms with Crippen molar-refractivity contribution >= 4 is 17.4 Å². The quantitative estimate of drug-likeness (QED) is 0.432. The molecule has 3 atom stereocenters. The molecule has 0 spiro atoms. The lowest BCUT2D eigenvalue weighted by atomic mass is 9.80. The molecule has 1 saturated heterocycles. The molecule has 3 aliphatic rings. The van der Waals surface area contributed by atoms with Crippen LogP contribution in [0.3, 0.4) is 0 Å². The molecular formula is C31H44N2O3. The van der Waals surface area contributed by atoms with Crippen molar-refractivity contribution in [1.29, 1.82) is 0 Å². The van der Waals surface area contributed by atoms with Crippen LogP contribution < -0.4 is 4.90 Å². The fraction of sp³-hybridized carbons (Fsp3) is 0.548. The van der Waals surface area contributed by atoms with Gasteiger partial charge in [0.2, 0.25) is 0 Å². The first-order valence-electron chi connectivity index (χ1n) is 13.6. The van der Waals surface area contributed by atoms with E-state index in [0.717, 1.165) is 49.2 Å². The van der Waals surface area contributed by atoms with E-state index in [1.165, 1.54) is 0 Å². The summed E-state index contributed by atoms with van der Waals surface area (Å²) >= 11 is 0. The predicted octanol–water partition coefficient (Wildman–Crippen LogP) is 6.10. The normalized spacial score (nSPS) is 24.2. The van der Waals surface area contributed by atoms with Gasteiger partial charge in [-0.05, 0) is 49.8 Å². The Labute approximate surface area is 217 Å². The van der Waals surface area contributed by atoms with Crippen LogP contribution >= 0.6 is 0 Å². The number of methoxy groups -OCH3 is 1. The Bertz CT molecular complexity index is 1010. The lowest BCUT2D eigenvalue weighted by Crippen LogP contribution is -2.42. The number of hydrogen-bond donors (Lipinski definition) is 0. The van der Waals surface area contributed by atoms with Gasteiger partial charge in [0.25, 0.3) is 5.91 Å². The van der Waals surface area contributed by atoms with Gasteiger partial charge >= 0.3 is 0 Å². The zero-order valence-corrected chi connectivity index (χ0v) is 23.2. The highest BCUT2D eigenvalue weighted by Crippen LogP contribution is 2.43. The molecule has 4 rings (SSSR count). The highest BCUT2D eigenvalue weighted by Gasteiger charge is 2.49. The lowest BCUT2D eigenvalue weighted by molar-refractivity contribution is -0.119. The molecule has 2 heterocycles. The van der Waals surface area contributed by atoms with Crippen LogP contribution in [0.25, 0.3) is 0 Å². The van der Waals surface area contributed by atoms with Crippen molar-refractivity contribution in [2.24, 2.45) is 17.8 Å². The topological polar surface area (TPSA) is 49.9 Å². The third-order valence-electron chi connectivity index (χ3n) is 7.39.